The van der Waals surface area contributed by atoms with Gasteiger partial charge in [0.1, 0.15) is 17.1 Å². The van der Waals surface area contributed by atoms with Gasteiger partial charge in [0, 0.05) is 24.9 Å². The zero-order valence-electron chi connectivity index (χ0n) is 14.7. The van der Waals surface area contributed by atoms with Crippen LogP contribution in [0.2, 0.25) is 0 Å². The molecule has 1 spiro atoms. The molecule has 0 bridgehead atoms. The first-order chi connectivity index (χ1) is 11.7. The van der Waals surface area contributed by atoms with E-state index in [1.807, 2.05) is 26.8 Å². The van der Waals surface area contributed by atoms with Crippen molar-refractivity contribution in [2.75, 3.05) is 13.1 Å². The van der Waals surface area contributed by atoms with Crippen LogP contribution in [-0.2, 0) is 9.57 Å². The Labute approximate surface area is 147 Å². The van der Waals surface area contributed by atoms with Crippen LogP contribution in [-0.4, -0.2) is 46.1 Å². The summed E-state index contributed by atoms with van der Waals surface area (Å²) in [5, 5.41) is 13.5. The second-order valence-corrected chi connectivity index (χ2v) is 7.44. The van der Waals surface area contributed by atoms with Gasteiger partial charge in [-0.25, -0.2) is 4.79 Å². The molecule has 2 aliphatic rings. The molecular formula is C19H22N2O4. The number of amides is 1. The Balaban J connectivity index is 1.60. The van der Waals surface area contributed by atoms with Crippen LogP contribution in [0.3, 0.4) is 0 Å². The van der Waals surface area contributed by atoms with Crippen molar-refractivity contribution in [3.8, 4) is 17.6 Å². The van der Waals surface area contributed by atoms with E-state index < -0.39 is 11.2 Å². The number of nitrogens with zero attached hydrogens (tertiary/aromatic N) is 2. The van der Waals surface area contributed by atoms with Gasteiger partial charge in [0.2, 0.25) is 0 Å². The van der Waals surface area contributed by atoms with Gasteiger partial charge in [-0.15, -0.1) is 0 Å². The average Bonchev–Trinajstić information content (AvgIpc) is 3.11. The van der Waals surface area contributed by atoms with Crippen molar-refractivity contribution in [2.24, 2.45) is 5.16 Å². The van der Waals surface area contributed by atoms with Gasteiger partial charge < -0.3 is 19.6 Å². The molecular weight excluding hydrogens is 320 g/mol. The molecule has 0 radical (unpaired) electrons. The minimum atomic E-state index is -0.516. The first kappa shape index (κ1) is 17.2. The van der Waals surface area contributed by atoms with Crippen LogP contribution >= 0.6 is 0 Å². The maximum Gasteiger partial charge on any atom is 0.410 e. The van der Waals surface area contributed by atoms with Crippen LogP contribution in [0, 0.1) is 11.8 Å². The van der Waals surface area contributed by atoms with Gasteiger partial charge in [-0.2, -0.15) is 0 Å². The maximum absolute atomic E-state index is 12.2. The number of rotatable bonds is 0. The highest BCUT2D eigenvalue weighted by atomic mass is 16.7. The molecule has 1 fully saturated rings. The quantitative estimate of drug-likeness (QED) is 0.736. The number of phenols is 1. The number of aromatic hydroxyl groups is 1. The molecule has 1 N–H and O–H groups in total. The van der Waals surface area contributed by atoms with Crippen molar-refractivity contribution in [2.45, 2.75) is 44.8 Å². The van der Waals surface area contributed by atoms with Crippen LogP contribution in [0.5, 0.6) is 5.75 Å². The smallest absolute Gasteiger partial charge is 0.410 e. The maximum atomic E-state index is 12.2. The minimum Gasteiger partial charge on any atom is -0.508 e. The number of benzene rings is 1. The van der Waals surface area contributed by atoms with E-state index in [1.54, 1.807) is 23.1 Å². The second-order valence-electron chi connectivity index (χ2n) is 7.44. The number of ether oxygens (including phenoxy) is 1. The lowest BCUT2D eigenvalue weighted by Gasteiger charge is -2.25. The molecule has 2 heterocycles. The molecule has 0 saturated carbocycles. The van der Waals surface area contributed by atoms with E-state index in [9.17, 15) is 9.90 Å². The number of hydrogen-bond donors (Lipinski definition) is 1. The zero-order chi connectivity index (χ0) is 18.1. The molecule has 6 nitrogen and oxygen atoms in total. The molecule has 1 saturated heterocycles. The standard InChI is InChI=1S/C19H22N2O4/c1-18(2,3)24-17(23)21-10-9-19(13-21)12-15(20-25-19)8-7-14-5-4-6-16(22)11-14/h4-6,11,22H,9-10,12-13H2,1-3H3. The summed E-state index contributed by atoms with van der Waals surface area (Å²) in [7, 11) is 0. The summed E-state index contributed by atoms with van der Waals surface area (Å²) < 4.78 is 5.41. The van der Waals surface area contributed by atoms with Gasteiger partial charge in [0.05, 0.1) is 6.54 Å². The van der Waals surface area contributed by atoms with Crippen LogP contribution in [0.1, 0.15) is 39.2 Å². The largest absolute Gasteiger partial charge is 0.508 e. The Bertz CT molecular complexity index is 770. The third kappa shape index (κ3) is 4.24. The lowest BCUT2D eigenvalue weighted by atomic mass is 9.96. The molecule has 132 valence electrons. The second kappa shape index (κ2) is 6.32. The predicted molar refractivity (Wildman–Crippen MR) is 93.3 cm³/mol. The van der Waals surface area contributed by atoms with Gasteiger partial charge in [0.15, 0.2) is 5.60 Å². The molecule has 1 aromatic carbocycles. The third-order valence-corrected chi connectivity index (χ3v) is 4.00. The van der Waals surface area contributed by atoms with Crippen molar-refractivity contribution in [1.29, 1.82) is 0 Å². The van der Waals surface area contributed by atoms with Crippen LogP contribution < -0.4 is 0 Å². The summed E-state index contributed by atoms with van der Waals surface area (Å²) in [6, 6.07) is 6.75. The molecule has 25 heavy (non-hydrogen) atoms. The van der Waals surface area contributed by atoms with Crippen LogP contribution in [0.4, 0.5) is 4.79 Å². The average molecular weight is 342 g/mol. The highest BCUT2D eigenvalue weighted by molar-refractivity contribution is 6.02. The number of likely N-dealkylation sites (tertiary alicyclic amines) is 1. The van der Waals surface area contributed by atoms with E-state index >= 15 is 0 Å². The van der Waals surface area contributed by atoms with Gasteiger partial charge in [-0.3, -0.25) is 0 Å². The van der Waals surface area contributed by atoms with Crippen molar-refractivity contribution < 1.29 is 19.5 Å². The number of oxime groups is 1. The Morgan fingerprint density at radius 1 is 1.40 bits per heavy atom. The molecule has 1 amide bonds. The summed E-state index contributed by atoms with van der Waals surface area (Å²) in [6.45, 7) is 6.57. The van der Waals surface area contributed by atoms with Gasteiger partial charge in [-0.1, -0.05) is 17.1 Å². The normalized spacial score (nSPS) is 22.2. The molecule has 2 aliphatic heterocycles. The Kier molecular flexibility index (Phi) is 4.34. The fraction of sp³-hybridized carbons (Fsp3) is 0.474. The Morgan fingerprint density at radius 2 is 2.20 bits per heavy atom. The minimum absolute atomic E-state index is 0.177. The Hall–Kier alpha value is -2.68. The van der Waals surface area contributed by atoms with Gasteiger partial charge >= 0.3 is 6.09 Å². The van der Waals surface area contributed by atoms with E-state index in [2.05, 4.69) is 17.0 Å². The van der Waals surface area contributed by atoms with Crippen molar-refractivity contribution >= 4 is 11.8 Å². The first-order valence-electron chi connectivity index (χ1n) is 8.29. The monoisotopic (exact) mass is 342 g/mol. The lowest BCUT2D eigenvalue weighted by Crippen LogP contribution is -2.39. The van der Waals surface area contributed by atoms with Crippen molar-refractivity contribution in [3.05, 3.63) is 29.8 Å². The lowest BCUT2D eigenvalue weighted by molar-refractivity contribution is -0.0159. The number of carbonyl (C=O) groups is 1. The number of carbonyl (C=O) groups excluding carboxylic acids is 1. The molecule has 0 aliphatic carbocycles. The summed E-state index contributed by atoms with van der Waals surface area (Å²) in [5.41, 5.74) is 0.345. The van der Waals surface area contributed by atoms with E-state index in [0.29, 0.717) is 37.2 Å². The number of phenolic OH excluding ortho intramolecular Hbond substituents is 1. The third-order valence-electron chi connectivity index (χ3n) is 4.00. The van der Waals surface area contributed by atoms with Crippen molar-refractivity contribution in [1.82, 2.24) is 4.90 Å². The van der Waals surface area contributed by atoms with E-state index in [-0.39, 0.29) is 11.8 Å². The van der Waals surface area contributed by atoms with Gasteiger partial charge in [0.25, 0.3) is 0 Å². The molecule has 1 atom stereocenters. The van der Waals surface area contributed by atoms with Crippen molar-refractivity contribution in [3.63, 3.8) is 0 Å². The Morgan fingerprint density at radius 3 is 2.92 bits per heavy atom. The van der Waals surface area contributed by atoms with Crippen LogP contribution in [0.15, 0.2) is 29.4 Å². The zero-order valence-corrected chi connectivity index (χ0v) is 14.7. The number of hydrogen-bond acceptors (Lipinski definition) is 5. The van der Waals surface area contributed by atoms with E-state index in [1.165, 1.54) is 0 Å². The van der Waals surface area contributed by atoms with E-state index in [0.717, 1.165) is 0 Å². The van der Waals surface area contributed by atoms with Crippen LogP contribution in [0.25, 0.3) is 0 Å². The first-order valence-corrected chi connectivity index (χ1v) is 8.29. The fourth-order valence-corrected chi connectivity index (χ4v) is 2.86. The highest BCUT2D eigenvalue weighted by Crippen LogP contribution is 2.34. The SMILES string of the molecule is CC(C)(C)OC(=O)N1CCC2(CC(C#Cc3cccc(O)c3)=NO2)C1. The molecule has 1 unspecified atom stereocenters. The summed E-state index contributed by atoms with van der Waals surface area (Å²) >= 11 is 0. The van der Waals surface area contributed by atoms with Gasteiger partial charge in [-0.05, 0) is 44.9 Å². The molecule has 3 rings (SSSR count). The molecule has 6 heteroatoms. The fourth-order valence-electron chi connectivity index (χ4n) is 2.86. The highest BCUT2D eigenvalue weighted by Gasteiger charge is 2.47. The molecule has 1 aromatic rings. The molecule has 0 aromatic heterocycles. The summed E-state index contributed by atoms with van der Waals surface area (Å²) in [6.07, 6.45) is 0.942. The van der Waals surface area contributed by atoms with E-state index in [4.69, 9.17) is 9.57 Å². The predicted octanol–water partition coefficient (Wildman–Crippen LogP) is 2.90. The summed E-state index contributed by atoms with van der Waals surface area (Å²) in [4.78, 5) is 19.5. The summed E-state index contributed by atoms with van der Waals surface area (Å²) in [5.74, 6) is 6.14. The topological polar surface area (TPSA) is 71.4 Å².